The van der Waals surface area contributed by atoms with Crippen LogP contribution in [0.15, 0.2) is 59.5 Å². The molecule has 1 aromatic carbocycles. The fourth-order valence-corrected chi connectivity index (χ4v) is 1.99. The zero-order valence-electron chi connectivity index (χ0n) is 11.6. The molecule has 0 radical (unpaired) electrons. The van der Waals surface area contributed by atoms with E-state index >= 15 is 0 Å². The predicted octanol–water partition coefficient (Wildman–Crippen LogP) is 1.32. The van der Waals surface area contributed by atoms with Gasteiger partial charge in [-0.3, -0.25) is 4.79 Å². The van der Waals surface area contributed by atoms with E-state index in [0.717, 1.165) is 5.69 Å². The lowest BCUT2D eigenvalue weighted by atomic mass is 10.2. The molecule has 1 atom stereocenters. The summed E-state index contributed by atoms with van der Waals surface area (Å²) in [4.78, 5) is 16.1. The maximum Gasteiger partial charge on any atom is 0.291 e. The quantitative estimate of drug-likeness (QED) is 0.741. The van der Waals surface area contributed by atoms with Crippen LogP contribution in [0.25, 0.3) is 5.69 Å². The second-order valence-electron chi connectivity index (χ2n) is 4.57. The van der Waals surface area contributed by atoms with E-state index in [1.807, 2.05) is 30.3 Å². The number of carbonyl (C=O) groups is 1. The third-order valence-corrected chi connectivity index (χ3v) is 3.09. The summed E-state index contributed by atoms with van der Waals surface area (Å²) in [5.41, 5.74) is 0.804. The first-order valence-corrected chi connectivity index (χ1v) is 6.70. The lowest BCUT2D eigenvalue weighted by Crippen LogP contribution is -2.31. The summed E-state index contributed by atoms with van der Waals surface area (Å²) >= 11 is 0. The van der Waals surface area contributed by atoms with Gasteiger partial charge in [0.05, 0.1) is 18.6 Å². The summed E-state index contributed by atoms with van der Waals surface area (Å²) in [5, 5.41) is 16.1. The van der Waals surface area contributed by atoms with Crippen molar-refractivity contribution in [3.8, 4) is 5.69 Å². The van der Waals surface area contributed by atoms with Crippen molar-refractivity contribution in [2.75, 3.05) is 6.61 Å². The van der Waals surface area contributed by atoms with Crippen LogP contribution in [0.5, 0.6) is 0 Å². The molecule has 1 unspecified atom stereocenters. The summed E-state index contributed by atoms with van der Waals surface area (Å²) in [6.07, 6.45) is 2.94. The molecule has 0 aliphatic carbocycles. The molecule has 2 aromatic heterocycles. The standard InChI is InChI=1S/C15H14N4O3/c20-9-12(13-7-4-8-22-13)17-15(21)14-16-10-19(18-14)11-5-2-1-3-6-11/h1-8,10,12,20H,9H2,(H,17,21). The van der Waals surface area contributed by atoms with Gasteiger partial charge >= 0.3 is 0 Å². The van der Waals surface area contributed by atoms with Crippen LogP contribution in [-0.4, -0.2) is 32.4 Å². The summed E-state index contributed by atoms with van der Waals surface area (Å²) < 4.78 is 6.69. The normalized spacial score (nSPS) is 12.0. The summed E-state index contributed by atoms with van der Waals surface area (Å²) in [5.74, 6) is 0.0114. The molecular formula is C15H14N4O3. The molecule has 7 heteroatoms. The molecule has 22 heavy (non-hydrogen) atoms. The van der Waals surface area contributed by atoms with Gasteiger partial charge in [-0.2, -0.15) is 0 Å². The molecule has 112 valence electrons. The van der Waals surface area contributed by atoms with Crippen molar-refractivity contribution in [3.63, 3.8) is 0 Å². The average Bonchev–Trinajstić information content (AvgIpc) is 3.24. The number of nitrogens with zero attached hydrogens (tertiary/aromatic N) is 3. The number of amides is 1. The van der Waals surface area contributed by atoms with E-state index in [0.29, 0.717) is 5.76 Å². The van der Waals surface area contributed by atoms with E-state index in [2.05, 4.69) is 15.4 Å². The number of furan rings is 1. The molecule has 1 amide bonds. The molecule has 0 aliphatic rings. The third kappa shape index (κ3) is 2.89. The highest BCUT2D eigenvalue weighted by Crippen LogP contribution is 2.13. The molecule has 0 saturated carbocycles. The Morgan fingerprint density at radius 1 is 1.27 bits per heavy atom. The largest absolute Gasteiger partial charge is 0.467 e. The van der Waals surface area contributed by atoms with Gasteiger partial charge in [0.25, 0.3) is 5.91 Å². The monoisotopic (exact) mass is 298 g/mol. The molecule has 0 saturated heterocycles. The summed E-state index contributed by atoms with van der Waals surface area (Å²) in [6.45, 7) is -0.279. The Bertz CT molecular complexity index is 737. The Morgan fingerprint density at radius 3 is 2.77 bits per heavy atom. The summed E-state index contributed by atoms with van der Waals surface area (Å²) in [7, 11) is 0. The lowest BCUT2D eigenvalue weighted by molar-refractivity contribution is 0.0897. The van der Waals surface area contributed by atoms with E-state index in [1.165, 1.54) is 17.3 Å². The predicted molar refractivity (Wildman–Crippen MR) is 77.4 cm³/mol. The summed E-state index contributed by atoms with van der Waals surface area (Å²) in [6, 6.07) is 12.1. The minimum Gasteiger partial charge on any atom is -0.467 e. The first-order valence-electron chi connectivity index (χ1n) is 6.70. The van der Waals surface area contributed by atoms with Gasteiger partial charge in [0, 0.05) is 0 Å². The number of carbonyl (C=O) groups excluding carboxylic acids is 1. The van der Waals surface area contributed by atoms with E-state index in [1.54, 1.807) is 12.1 Å². The smallest absolute Gasteiger partial charge is 0.291 e. The van der Waals surface area contributed by atoms with Crippen LogP contribution in [0.4, 0.5) is 0 Å². The van der Waals surface area contributed by atoms with Gasteiger partial charge in [-0.25, -0.2) is 9.67 Å². The number of hydrogen-bond donors (Lipinski definition) is 2. The molecule has 3 rings (SSSR count). The molecular weight excluding hydrogens is 284 g/mol. The van der Waals surface area contributed by atoms with Crippen LogP contribution in [-0.2, 0) is 0 Å². The molecule has 0 spiro atoms. The minimum absolute atomic E-state index is 0.0221. The number of nitrogens with one attached hydrogen (secondary N) is 1. The van der Waals surface area contributed by atoms with Crippen molar-refractivity contribution in [2.24, 2.45) is 0 Å². The maximum atomic E-state index is 12.2. The van der Waals surface area contributed by atoms with Crippen LogP contribution in [0.1, 0.15) is 22.4 Å². The maximum absolute atomic E-state index is 12.2. The first-order chi connectivity index (χ1) is 10.8. The Balaban J connectivity index is 1.74. The highest BCUT2D eigenvalue weighted by molar-refractivity contribution is 5.90. The van der Waals surface area contributed by atoms with E-state index < -0.39 is 11.9 Å². The fraction of sp³-hybridized carbons (Fsp3) is 0.133. The van der Waals surface area contributed by atoms with Crippen LogP contribution in [0, 0.1) is 0 Å². The van der Waals surface area contributed by atoms with Gasteiger partial charge in [-0.1, -0.05) is 18.2 Å². The first kappa shape index (κ1) is 14.0. The number of benzene rings is 1. The lowest BCUT2D eigenvalue weighted by Gasteiger charge is -2.12. The number of rotatable bonds is 5. The Hall–Kier alpha value is -2.93. The van der Waals surface area contributed by atoms with Crippen molar-refractivity contribution in [1.29, 1.82) is 0 Å². The number of hydrogen-bond acceptors (Lipinski definition) is 5. The Morgan fingerprint density at radius 2 is 2.09 bits per heavy atom. The SMILES string of the molecule is O=C(NC(CO)c1ccco1)c1ncn(-c2ccccc2)n1. The molecule has 3 aromatic rings. The van der Waals surface area contributed by atoms with Gasteiger partial charge in [0.15, 0.2) is 0 Å². The number of aliphatic hydroxyl groups is 1. The molecule has 0 fully saturated rings. The molecule has 2 N–H and O–H groups in total. The topological polar surface area (TPSA) is 93.2 Å². The Kier molecular flexibility index (Phi) is 3.97. The number of aromatic nitrogens is 3. The van der Waals surface area contributed by atoms with Crippen molar-refractivity contribution >= 4 is 5.91 Å². The van der Waals surface area contributed by atoms with Crippen LogP contribution < -0.4 is 5.32 Å². The Labute approximate surface area is 126 Å². The average molecular weight is 298 g/mol. The number of para-hydroxylation sites is 1. The van der Waals surface area contributed by atoms with Crippen molar-refractivity contribution in [2.45, 2.75) is 6.04 Å². The molecule has 7 nitrogen and oxygen atoms in total. The minimum atomic E-state index is -0.633. The number of aliphatic hydroxyl groups excluding tert-OH is 1. The zero-order valence-corrected chi connectivity index (χ0v) is 11.6. The van der Waals surface area contributed by atoms with Gasteiger partial charge < -0.3 is 14.8 Å². The fourth-order valence-electron chi connectivity index (χ4n) is 1.99. The van der Waals surface area contributed by atoms with Gasteiger partial charge in [-0.15, -0.1) is 5.10 Å². The highest BCUT2D eigenvalue weighted by atomic mass is 16.3. The van der Waals surface area contributed by atoms with E-state index in [4.69, 9.17) is 4.42 Å². The van der Waals surface area contributed by atoms with Gasteiger partial charge in [-0.05, 0) is 24.3 Å². The molecule has 0 bridgehead atoms. The zero-order chi connectivity index (χ0) is 15.4. The third-order valence-electron chi connectivity index (χ3n) is 3.09. The van der Waals surface area contributed by atoms with Crippen molar-refractivity contribution in [1.82, 2.24) is 20.1 Å². The molecule has 2 heterocycles. The molecule has 0 aliphatic heterocycles. The van der Waals surface area contributed by atoms with Crippen LogP contribution >= 0.6 is 0 Å². The van der Waals surface area contributed by atoms with Gasteiger partial charge in [0.2, 0.25) is 5.82 Å². The highest BCUT2D eigenvalue weighted by Gasteiger charge is 2.19. The van der Waals surface area contributed by atoms with Gasteiger partial charge in [0.1, 0.15) is 18.1 Å². The van der Waals surface area contributed by atoms with Crippen LogP contribution in [0.3, 0.4) is 0 Å². The van der Waals surface area contributed by atoms with E-state index in [9.17, 15) is 9.90 Å². The second kappa shape index (κ2) is 6.23. The van der Waals surface area contributed by atoms with Crippen LogP contribution in [0.2, 0.25) is 0 Å². The van der Waals surface area contributed by atoms with E-state index in [-0.39, 0.29) is 12.4 Å². The van der Waals surface area contributed by atoms with Crippen molar-refractivity contribution < 1.29 is 14.3 Å². The van der Waals surface area contributed by atoms with Crippen molar-refractivity contribution in [3.05, 3.63) is 66.6 Å². The second-order valence-corrected chi connectivity index (χ2v) is 4.57.